The van der Waals surface area contributed by atoms with Crippen LogP contribution in [0.5, 0.6) is 5.75 Å². The Morgan fingerprint density at radius 3 is 2.48 bits per heavy atom. The van der Waals surface area contributed by atoms with E-state index in [0.717, 1.165) is 30.2 Å². The monoisotopic (exact) mass is 389 g/mol. The van der Waals surface area contributed by atoms with Crippen molar-refractivity contribution in [2.75, 3.05) is 4.90 Å². The molecule has 0 spiro atoms. The average molecular weight is 390 g/mol. The molecule has 0 radical (unpaired) electrons. The minimum absolute atomic E-state index is 0.0366. The van der Waals surface area contributed by atoms with Crippen LogP contribution in [-0.2, 0) is 0 Å². The largest absolute Gasteiger partial charge is 0.484 e. The lowest BCUT2D eigenvalue weighted by Gasteiger charge is -2.34. The normalized spacial score (nSPS) is 28.5. The maximum atomic E-state index is 6.47. The Kier molecular flexibility index (Phi) is 4.01. The number of nitrogens with zero attached hydrogens (tertiary/aromatic N) is 4. The molecule has 4 heterocycles. The van der Waals surface area contributed by atoms with Gasteiger partial charge in [0.05, 0.1) is 6.20 Å². The number of hydrogen-bond acceptors (Lipinski definition) is 5. The van der Waals surface area contributed by atoms with Crippen LogP contribution in [0.1, 0.15) is 68.2 Å². The van der Waals surface area contributed by atoms with E-state index < -0.39 is 0 Å². The van der Waals surface area contributed by atoms with Gasteiger partial charge >= 0.3 is 0 Å². The van der Waals surface area contributed by atoms with Gasteiger partial charge in [0.2, 0.25) is 5.95 Å². The minimum atomic E-state index is 0.0366. The first-order valence-corrected chi connectivity index (χ1v) is 10.9. The van der Waals surface area contributed by atoms with E-state index in [9.17, 15) is 0 Å². The topological polar surface area (TPSA) is 68.7 Å². The number of ether oxygens (including phenoxy) is 1. The third-order valence-corrected chi connectivity index (χ3v) is 7.04. The maximum absolute atomic E-state index is 6.47. The molecule has 6 nitrogen and oxygen atoms in total. The molecule has 0 saturated carbocycles. The summed E-state index contributed by atoms with van der Waals surface area (Å²) in [6.45, 7) is 0. The SMILES string of the molecule is NC1CCC(Oc2ccc3nnc(N4C5CCCC4CC5)n3c2)c2ccccc21. The smallest absolute Gasteiger partial charge is 0.232 e. The summed E-state index contributed by atoms with van der Waals surface area (Å²) in [6, 6.07) is 13.7. The molecule has 2 saturated heterocycles. The molecule has 29 heavy (non-hydrogen) atoms. The fourth-order valence-corrected chi connectivity index (χ4v) is 5.62. The minimum Gasteiger partial charge on any atom is -0.484 e. The quantitative estimate of drug-likeness (QED) is 0.728. The van der Waals surface area contributed by atoms with Crippen molar-refractivity contribution in [1.29, 1.82) is 0 Å². The Bertz CT molecular complexity index is 1030. The van der Waals surface area contributed by atoms with Crippen molar-refractivity contribution in [2.45, 2.75) is 69.2 Å². The van der Waals surface area contributed by atoms with Gasteiger partial charge in [-0.3, -0.25) is 4.40 Å². The molecule has 150 valence electrons. The van der Waals surface area contributed by atoms with Gasteiger partial charge in [-0.15, -0.1) is 10.2 Å². The van der Waals surface area contributed by atoms with Gasteiger partial charge < -0.3 is 15.4 Å². The van der Waals surface area contributed by atoms with Crippen LogP contribution in [0.4, 0.5) is 5.95 Å². The summed E-state index contributed by atoms with van der Waals surface area (Å²) in [6.07, 6.45) is 10.4. The molecule has 6 heteroatoms. The van der Waals surface area contributed by atoms with E-state index in [4.69, 9.17) is 10.5 Å². The Hall–Kier alpha value is -2.60. The number of aromatic nitrogens is 3. The molecule has 3 aromatic rings. The van der Waals surface area contributed by atoms with Gasteiger partial charge in [-0.1, -0.05) is 24.3 Å². The lowest BCUT2D eigenvalue weighted by Crippen LogP contribution is -2.40. The fourth-order valence-electron chi connectivity index (χ4n) is 5.62. The van der Waals surface area contributed by atoms with Gasteiger partial charge in [0.15, 0.2) is 5.65 Å². The molecule has 4 atom stereocenters. The molecule has 4 unspecified atom stereocenters. The second-order valence-electron chi connectivity index (χ2n) is 8.74. The van der Waals surface area contributed by atoms with Crippen molar-refractivity contribution >= 4 is 11.6 Å². The van der Waals surface area contributed by atoms with Gasteiger partial charge in [-0.25, -0.2) is 0 Å². The highest BCUT2D eigenvalue weighted by Gasteiger charge is 2.38. The van der Waals surface area contributed by atoms with E-state index in [1.54, 1.807) is 0 Å². The summed E-state index contributed by atoms with van der Waals surface area (Å²) in [5, 5.41) is 8.98. The third kappa shape index (κ3) is 2.81. The van der Waals surface area contributed by atoms with Crippen LogP contribution in [0, 0.1) is 0 Å². The van der Waals surface area contributed by atoms with Crippen LogP contribution in [0.3, 0.4) is 0 Å². The molecule has 2 aliphatic heterocycles. The third-order valence-electron chi connectivity index (χ3n) is 7.04. The van der Waals surface area contributed by atoms with Crippen LogP contribution in [-0.4, -0.2) is 26.7 Å². The molecular weight excluding hydrogens is 362 g/mol. The number of anilines is 1. The molecule has 2 aromatic heterocycles. The molecule has 1 aromatic carbocycles. The lowest BCUT2D eigenvalue weighted by molar-refractivity contribution is 0.176. The van der Waals surface area contributed by atoms with E-state index in [2.05, 4.69) is 50.0 Å². The van der Waals surface area contributed by atoms with Crippen LogP contribution in [0.2, 0.25) is 0 Å². The van der Waals surface area contributed by atoms with Crippen molar-refractivity contribution in [3.63, 3.8) is 0 Å². The van der Waals surface area contributed by atoms with Crippen molar-refractivity contribution in [2.24, 2.45) is 5.73 Å². The molecule has 3 aliphatic rings. The number of pyridine rings is 1. The highest BCUT2D eigenvalue weighted by atomic mass is 16.5. The van der Waals surface area contributed by atoms with Crippen LogP contribution in [0.15, 0.2) is 42.6 Å². The Labute approximate surface area is 170 Å². The van der Waals surface area contributed by atoms with Crippen LogP contribution < -0.4 is 15.4 Å². The fraction of sp³-hybridized carbons (Fsp3) is 0.478. The zero-order chi connectivity index (χ0) is 19.4. The number of fused-ring (bicyclic) bond motifs is 4. The zero-order valence-corrected chi connectivity index (χ0v) is 16.6. The zero-order valence-electron chi connectivity index (χ0n) is 16.6. The number of piperidine rings is 1. The molecule has 2 bridgehead atoms. The summed E-state index contributed by atoms with van der Waals surface area (Å²) < 4.78 is 8.59. The first-order chi connectivity index (χ1) is 14.3. The van der Waals surface area contributed by atoms with E-state index in [1.807, 2.05) is 12.1 Å². The summed E-state index contributed by atoms with van der Waals surface area (Å²) in [7, 11) is 0. The highest BCUT2D eigenvalue weighted by molar-refractivity contribution is 5.51. The first kappa shape index (κ1) is 17.3. The number of rotatable bonds is 3. The summed E-state index contributed by atoms with van der Waals surface area (Å²) >= 11 is 0. The van der Waals surface area contributed by atoms with E-state index in [1.165, 1.54) is 43.2 Å². The van der Waals surface area contributed by atoms with Crippen molar-refractivity contribution < 1.29 is 4.74 Å². The molecular formula is C23H27N5O. The average Bonchev–Trinajstić information content (AvgIpc) is 3.26. The van der Waals surface area contributed by atoms with Crippen molar-refractivity contribution in [1.82, 2.24) is 14.6 Å². The molecule has 2 N–H and O–H groups in total. The van der Waals surface area contributed by atoms with E-state index in [-0.39, 0.29) is 12.1 Å². The standard InChI is InChI=1S/C23H27N5O/c24-20-11-12-21(19-7-2-1-6-18(19)20)29-17-10-13-22-25-26-23(27(22)14-17)28-15-4-3-5-16(28)9-8-15/h1-2,6-7,10,13-16,20-21H,3-5,8-9,11-12,24H2. The Morgan fingerprint density at radius 1 is 0.862 bits per heavy atom. The van der Waals surface area contributed by atoms with E-state index in [0.29, 0.717) is 12.1 Å². The molecule has 1 aliphatic carbocycles. The van der Waals surface area contributed by atoms with E-state index >= 15 is 0 Å². The summed E-state index contributed by atoms with van der Waals surface area (Å²) in [5.41, 5.74) is 9.61. The van der Waals surface area contributed by atoms with Gasteiger partial charge in [0.25, 0.3) is 0 Å². The van der Waals surface area contributed by atoms with Gasteiger partial charge in [-0.2, -0.15) is 0 Å². The van der Waals surface area contributed by atoms with Gasteiger partial charge in [0.1, 0.15) is 11.9 Å². The second-order valence-corrected chi connectivity index (χ2v) is 8.74. The number of benzene rings is 1. The predicted molar refractivity (Wildman–Crippen MR) is 112 cm³/mol. The van der Waals surface area contributed by atoms with Crippen molar-refractivity contribution in [3.05, 3.63) is 53.7 Å². The van der Waals surface area contributed by atoms with Crippen LogP contribution >= 0.6 is 0 Å². The summed E-state index contributed by atoms with van der Waals surface area (Å²) in [5.74, 6) is 1.84. The van der Waals surface area contributed by atoms with Crippen LogP contribution in [0.25, 0.3) is 5.65 Å². The van der Waals surface area contributed by atoms with Gasteiger partial charge in [-0.05, 0) is 68.2 Å². The van der Waals surface area contributed by atoms with Gasteiger partial charge in [0, 0.05) is 18.1 Å². The second kappa shape index (κ2) is 6.73. The molecule has 6 rings (SSSR count). The number of nitrogens with two attached hydrogens (primary N) is 1. The maximum Gasteiger partial charge on any atom is 0.232 e. The van der Waals surface area contributed by atoms with Crippen molar-refractivity contribution in [3.8, 4) is 5.75 Å². The number of hydrogen-bond donors (Lipinski definition) is 1. The highest BCUT2D eigenvalue weighted by Crippen LogP contribution is 2.40. The predicted octanol–water partition coefficient (Wildman–Crippen LogP) is 4.16. The summed E-state index contributed by atoms with van der Waals surface area (Å²) in [4.78, 5) is 2.52. The Balaban J connectivity index is 1.33. The first-order valence-electron chi connectivity index (χ1n) is 10.9. The Morgan fingerprint density at radius 2 is 1.66 bits per heavy atom. The lowest BCUT2D eigenvalue weighted by atomic mass is 9.86. The molecule has 2 fully saturated rings. The molecule has 0 amide bonds.